The molecule has 9 heteroatoms. The molecule has 1 amide bonds. The largest absolute Gasteiger partial charge is 0.430 e. The van der Waals surface area contributed by atoms with Crippen molar-refractivity contribution in [3.05, 3.63) is 35.4 Å². The number of likely N-dealkylation sites (tertiary alicyclic amines) is 1. The number of amides is 1. The van der Waals surface area contributed by atoms with Crippen molar-refractivity contribution in [2.75, 3.05) is 13.1 Å². The average molecular weight is 355 g/mol. The molecule has 0 aliphatic carbocycles. The van der Waals surface area contributed by atoms with E-state index in [0.717, 1.165) is 31.4 Å². The highest BCUT2D eigenvalue weighted by molar-refractivity contribution is 5.94. The van der Waals surface area contributed by atoms with E-state index in [-0.39, 0.29) is 5.56 Å². The number of aliphatic hydroxyl groups is 1. The smallest absolute Gasteiger partial charge is 0.369 e. The van der Waals surface area contributed by atoms with Crippen LogP contribution < -0.4 is 0 Å². The Hall–Kier alpha value is -1.77. The van der Waals surface area contributed by atoms with E-state index >= 15 is 0 Å². The lowest BCUT2D eigenvalue weighted by molar-refractivity contribution is -0.376. The molecule has 1 aliphatic rings. The Kier molecular flexibility index (Phi) is 4.85. The van der Waals surface area contributed by atoms with Gasteiger partial charge >= 0.3 is 12.4 Å². The van der Waals surface area contributed by atoms with Crippen LogP contribution in [0.25, 0.3) is 0 Å². The van der Waals surface area contributed by atoms with Crippen LogP contribution in [0.5, 0.6) is 0 Å². The van der Waals surface area contributed by atoms with E-state index in [1.54, 1.807) is 0 Å². The topological polar surface area (TPSA) is 40.5 Å². The fourth-order valence-corrected chi connectivity index (χ4v) is 2.62. The summed E-state index contributed by atoms with van der Waals surface area (Å²) in [7, 11) is 0. The summed E-state index contributed by atoms with van der Waals surface area (Å²) in [5, 5.41) is 9.29. The zero-order valence-corrected chi connectivity index (χ0v) is 12.4. The molecule has 0 atom stereocenters. The molecule has 1 aromatic carbocycles. The normalized spacial score (nSPS) is 17.0. The van der Waals surface area contributed by atoms with Gasteiger partial charge in [-0.15, -0.1) is 0 Å². The molecule has 1 saturated heterocycles. The molecule has 0 bridgehead atoms. The predicted molar refractivity (Wildman–Crippen MR) is 72.2 cm³/mol. The molecule has 0 aromatic heterocycles. The zero-order valence-electron chi connectivity index (χ0n) is 12.4. The van der Waals surface area contributed by atoms with Gasteiger partial charge in [-0.2, -0.15) is 26.3 Å². The van der Waals surface area contributed by atoms with Gasteiger partial charge in [0.05, 0.1) is 0 Å². The highest BCUT2D eigenvalue weighted by Crippen LogP contribution is 2.49. The van der Waals surface area contributed by atoms with Gasteiger partial charge in [0.25, 0.3) is 11.5 Å². The predicted octanol–water partition coefficient (Wildman–Crippen LogP) is 3.62. The highest BCUT2D eigenvalue weighted by atomic mass is 19.4. The molecule has 3 nitrogen and oxygen atoms in total. The Morgan fingerprint density at radius 3 is 1.75 bits per heavy atom. The number of alkyl halides is 6. The quantitative estimate of drug-likeness (QED) is 0.823. The molecule has 1 fully saturated rings. The van der Waals surface area contributed by atoms with E-state index in [2.05, 4.69) is 0 Å². The molecule has 1 heterocycles. The highest BCUT2D eigenvalue weighted by Gasteiger charge is 2.71. The first-order chi connectivity index (χ1) is 11.0. The monoisotopic (exact) mass is 355 g/mol. The summed E-state index contributed by atoms with van der Waals surface area (Å²) in [6, 6.07) is 2.71. The second-order valence-corrected chi connectivity index (χ2v) is 5.64. The summed E-state index contributed by atoms with van der Waals surface area (Å²) in [6.07, 6.45) is -9.32. The van der Waals surface area contributed by atoms with Crippen LogP contribution in [-0.4, -0.2) is 41.4 Å². The maximum Gasteiger partial charge on any atom is 0.430 e. The van der Waals surface area contributed by atoms with Gasteiger partial charge in [-0.25, -0.2) is 0 Å². The van der Waals surface area contributed by atoms with Crippen molar-refractivity contribution in [3.8, 4) is 0 Å². The Morgan fingerprint density at radius 2 is 1.33 bits per heavy atom. The number of benzene rings is 1. The fraction of sp³-hybridized carbons (Fsp3) is 0.533. The van der Waals surface area contributed by atoms with Gasteiger partial charge in [0.2, 0.25) is 0 Å². The molecule has 2 rings (SSSR count). The molecule has 1 aromatic rings. The fourth-order valence-electron chi connectivity index (χ4n) is 2.62. The summed E-state index contributed by atoms with van der Waals surface area (Å²) >= 11 is 0. The number of rotatable bonds is 2. The molecule has 0 radical (unpaired) electrons. The number of halogens is 6. The summed E-state index contributed by atoms with van der Waals surface area (Å²) in [6.45, 7) is 0.991. The second-order valence-electron chi connectivity index (χ2n) is 5.64. The summed E-state index contributed by atoms with van der Waals surface area (Å²) in [4.78, 5) is 13.7. The molecule has 0 unspecified atom stereocenters. The van der Waals surface area contributed by atoms with Crippen LogP contribution in [0.1, 0.15) is 35.2 Å². The number of nitrogens with zero attached hydrogens (tertiary/aromatic N) is 1. The molecule has 1 aliphatic heterocycles. The van der Waals surface area contributed by atoms with Crippen LogP contribution in [0, 0.1) is 0 Å². The third-order valence-electron chi connectivity index (χ3n) is 4.01. The van der Waals surface area contributed by atoms with Gasteiger partial charge in [0.15, 0.2) is 0 Å². The number of hydrogen-bond donors (Lipinski definition) is 1. The SMILES string of the molecule is O=C(c1ccc(C(O)(C(F)(F)F)C(F)(F)F)cc1)N1CCCCC1. The summed E-state index contributed by atoms with van der Waals surface area (Å²) in [5.74, 6) is -0.455. The Labute approximate surface area is 133 Å². The number of hydrogen-bond acceptors (Lipinski definition) is 2. The molecular weight excluding hydrogens is 340 g/mol. The van der Waals surface area contributed by atoms with E-state index in [1.807, 2.05) is 0 Å². The molecule has 0 spiro atoms. The maximum absolute atomic E-state index is 12.8. The maximum atomic E-state index is 12.8. The van der Waals surface area contributed by atoms with Crippen molar-refractivity contribution in [3.63, 3.8) is 0 Å². The molecule has 1 N–H and O–H groups in total. The van der Waals surface area contributed by atoms with Crippen molar-refractivity contribution in [1.82, 2.24) is 4.90 Å². The third kappa shape index (κ3) is 3.22. The van der Waals surface area contributed by atoms with Gasteiger partial charge in [0, 0.05) is 24.2 Å². The summed E-state index contributed by atoms with van der Waals surface area (Å²) in [5.41, 5.74) is -6.38. The van der Waals surface area contributed by atoms with Crippen molar-refractivity contribution in [2.24, 2.45) is 0 Å². The van der Waals surface area contributed by atoms with Crippen LogP contribution in [0.4, 0.5) is 26.3 Å². The second kappa shape index (κ2) is 6.27. The lowest BCUT2D eigenvalue weighted by Gasteiger charge is -2.32. The van der Waals surface area contributed by atoms with E-state index in [4.69, 9.17) is 0 Å². The Bertz CT molecular complexity index is 573. The third-order valence-corrected chi connectivity index (χ3v) is 4.01. The molecule has 134 valence electrons. The van der Waals surface area contributed by atoms with E-state index in [1.165, 1.54) is 4.90 Å². The minimum absolute atomic E-state index is 0.0210. The van der Waals surface area contributed by atoms with Gasteiger partial charge in [0.1, 0.15) is 0 Å². The van der Waals surface area contributed by atoms with Crippen molar-refractivity contribution < 1.29 is 36.2 Å². The number of carbonyl (C=O) groups excluding carboxylic acids is 1. The van der Waals surface area contributed by atoms with Gasteiger partial charge in [-0.3, -0.25) is 4.79 Å². The standard InChI is InChI=1S/C15H15F6NO2/c16-14(17,18)13(24,15(19,20)21)11-6-4-10(5-7-11)12(23)22-8-2-1-3-9-22/h4-7,24H,1-3,8-9H2. The van der Waals surface area contributed by atoms with Crippen molar-refractivity contribution in [1.29, 1.82) is 0 Å². The van der Waals surface area contributed by atoms with Crippen LogP contribution in [0.2, 0.25) is 0 Å². The van der Waals surface area contributed by atoms with Crippen molar-refractivity contribution in [2.45, 2.75) is 37.2 Å². The van der Waals surface area contributed by atoms with Crippen LogP contribution in [0.15, 0.2) is 24.3 Å². The lowest BCUT2D eigenvalue weighted by atomic mass is 9.91. The first-order valence-corrected chi connectivity index (χ1v) is 7.24. The first kappa shape index (κ1) is 18.6. The number of carbonyl (C=O) groups is 1. The number of piperidine rings is 1. The zero-order chi connectivity index (χ0) is 18.2. The van der Waals surface area contributed by atoms with Crippen LogP contribution in [-0.2, 0) is 5.60 Å². The lowest BCUT2D eigenvalue weighted by Crippen LogP contribution is -2.53. The molecule has 24 heavy (non-hydrogen) atoms. The minimum Gasteiger partial charge on any atom is -0.369 e. The first-order valence-electron chi connectivity index (χ1n) is 7.24. The van der Waals surface area contributed by atoms with E-state index in [9.17, 15) is 36.2 Å². The molecule has 0 saturated carbocycles. The molecular formula is C15H15F6NO2. The Balaban J connectivity index is 2.32. The van der Waals surface area contributed by atoms with E-state index in [0.29, 0.717) is 25.2 Å². The van der Waals surface area contributed by atoms with Gasteiger partial charge < -0.3 is 10.0 Å². The Morgan fingerprint density at radius 1 is 0.875 bits per heavy atom. The van der Waals surface area contributed by atoms with Crippen LogP contribution in [0.3, 0.4) is 0 Å². The average Bonchev–Trinajstić information content (AvgIpc) is 2.52. The summed E-state index contributed by atoms with van der Waals surface area (Å²) < 4.78 is 76.7. The minimum atomic E-state index is -5.94. The van der Waals surface area contributed by atoms with Crippen molar-refractivity contribution >= 4 is 5.91 Å². The van der Waals surface area contributed by atoms with Gasteiger partial charge in [-0.1, -0.05) is 12.1 Å². The van der Waals surface area contributed by atoms with E-state index < -0.39 is 29.4 Å². The van der Waals surface area contributed by atoms with Gasteiger partial charge in [-0.05, 0) is 31.4 Å². The van der Waals surface area contributed by atoms with Crippen LogP contribution >= 0.6 is 0 Å².